The maximum atomic E-state index is 11.8. The molecule has 5 nitrogen and oxygen atoms in total. The molecule has 0 N–H and O–H groups in total. The van der Waals surface area contributed by atoms with Crippen LogP contribution in [0, 0.1) is 10.1 Å². The van der Waals surface area contributed by atoms with Crippen LogP contribution in [0.25, 0.3) is 6.08 Å². The minimum absolute atomic E-state index is 0.0563. The summed E-state index contributed by atoms with van der Waals surface area (Å²) in [6.07, 6.45) is 1.69. The van der Waals surface area contributed by atoms with Crippen LogP contribution in [0.15, 0.2) is 35.9 Å². The van der Waals surface area contributed by atoms with Crippen molar-refractivity contribution in [2.75, 3.05) is 6.61 Å². The van der Waals surface area contributed by atoms with Gasteiger partial charge in [0.05, 0.1) is 6.61 Å². The zero-order valence-corrected chi connectivity index (χ0v) is 11.0. The Morgan fingerprint density at radius 3 is 2.58 bits per heavy atom. The molecule has 0 amide bonds. The first-order valence-electron chi connectivity index (χ1n) is 6.10. The Morgan fingerprint density at radius 1 is 1.42 bits per heavy atom. The van der Waals surface area contributed by atoms with Gasteiger partial charge in [-0.25, -0.2) is 4.79 Å². The van der Waals surface area contributed by atoms with E-state index in [1.807, 2.05) is 30.3 Å². The number of nitrogens with zero attached hydrogens (tertiary/aromatic N) is 1. The fraction of sp³-hybridized carbons (Fsp3) is 0.357. The predicted octanol–water partition coefficient (Wildman–Crippen LogP) is 2.69. The van der Waals surface area contributed by atoms with E-state index in [-0.39, 0.29) is 13.0 Å². The van der Waals surface area contributed by atoms with Gasteiger partial charge in [-0.15, -0.1) is 0 Å². The van der Waals surface area contributed by atoms with Crippen LogP contribution in [0.3, 0.4) is 0 Å². The monoisotopic (exact) mass is 263 g/mol. The second-order valence-electron chi connectivity index (χ2n) is 4.14. The maximum Gasteiger partial charge on any atom is 0.334 e. The van der Waals surface area contributed by atoms with Crippen LogP contribution in [-0.4, -0.2) is 23.5 Å². The van der Waals surface area contributed by atoms with Gasteiger partial charge in [0.15, 0.2) is 0 Å². The molecule has 19 heavy (non-hydrogen) atoms. The Kier molecular flexibility index (Phi) is 5.73. The van der Waals surface area contributed by atoms with Gasteiger partial charge in [-0.2, -0.15) is 0 Å². The van der Waals surface area contributed by atoms with E-state index in [1.54, 1.807) is 13.0 Å². The van der Waals surface area contributed by atoms with Gasteiger partial charge >= 0.3 is 5.97 Å². The zero-order chi connectivity index (χ0) is 14.3. The molecule has 0 spiro atoms. The summed E-state index contributed by atoms with van der Waals surface area (Å²) < 4.78 is 4.93. The summed E-state index contributed by atoms with van der Waals surface area (Å²) in [5, 5.41) is 10.7. The zero-order valence-electron chi connectivity index (χ0n) is 11.0. The van der Waals surface area contributed by atoms with Crippen molar-refractivity contribution in [2.24, 2.45) is 0 Å². The first kappa shape index (κ1) is 14.9. The largest absolute Gasteiger partial charge is 0.463 e. The summed E-state index contributed by atoms with van der Waals surface area (Å²) in [6.45, 7) is 3.42. The molecule has 102 valence electrons. The lowest BCUT2D eigenvalue weighted by atomic mass is 10.0. The molecule has 5 heteroatoms. The third-order valence-electron chi connectivity index (χ3n) is 2.55. The van der Waals surface area contributed by atoms with Crippen molar-refractivity contribution in [1.82, 2.24) is 0 Å². The number of carbonyl (C=O) groups is 1. The molecular formula is C14H17NO4. The maximum absolute atomic E-state index is 11.8. The fourth-order valence-corrected chi connectivity index (χ4v) is 1.57. The predicted molar refractivity (Wildman–Crippen MR) is 72.1 cm³/mol. The highest BCUT2D eigenvalue weighted by atomic mass is 16.6. The standard InChI is InChI=1S/C14H17NO4/c1-3-19-14(16)13(9-11(2)15(17)18)10-12-7-5-4-6-8-12/h4-8,10-11H,3,9H2,1-2H3/b13-10-/t11-/m0/s1. The molecular weight excluding hydrogens is 246 g/mol. The smallest absolute Gasteiger partial charge is 0.334 e. The third-order valence-corrected chi connectivity index (χ3v) is 2.55. The molecule has 0 radical (unpaired) electrons. The molecule has 0 heterocycles. The molecule has 1 aromatic rings. The number of hydrogen-bond donors (Lipinski definition) is 0. The van der Waals surface area contributed by atoms with Gasteiger partial charge < -0.3 is 4.74 Å². The molecule has 1 aromatic carbocycles. The molecule has 0 aromatic heterocycles. The Balaban J connectivity index is 2.95. The second kappa shape index (κ2) is 7.31. The number of rotatable bonds is 6. The van der Waals surface area contributed by atoms with Crippen LogP contribution >= 0.6 is 0 Å². The first-order chi connectivity index (χ1) is 9.04. The summed E-state index contributed by atoms with van der Waals surface area (Å²) >= 11 is 0. The van der Waals surface area contributed by atoms with E-state index >= 15 is 0 Å². The minimum atomic E-state index is -0.820. The summed E-state index contributed by atoms with van der Waals surface area (Å²) in [5.41, 5.74) is 1.14. The van der Waals surface area contributed by atoms with Crippen molar-refractivity contribution in [1.29, 1.82) is 0 Å². The van der Waals surface area contributed by atoms with Crippen molar-refractivity contribution < 1.29 is 14.5 Å². The van der Waals surface area contributed by atoms with Gasteiger partial charge in [-0.1, -0.05) is 30.3 Å². The van der Waals surface area contributed by atoms with Crippen LogP contribution in [0.4, 0.5) is 0 Å². The van der Waals surface area contributed by atoms with Crippen molar-refractivity contribution in [3.05, 3.63) is 51.6 Å². The molecule has 0 unspecified atom stereocenters. The number of hydrogen-bond acceptors (Lipinski definition) is 4. The van der Waals surface area contributed by atoms with Gasteiger partial charge in [0, 0.05) is 23.8 Å². The van der Waals surface area contributed by atoms with Gasteiger partial charge in [-0.05, 0) is 18.6 Å². The number of ether oxygens (including phenoxy) is 1. The van der Waals surface area contributed by atoms with Crippen molar-refractivity contribution >= 4 is 12.0 Å². The quantitative estimate of drug-likeness (QED) is 0.342. The Labute approximate surface area is 112 Å². The SMILES string of the molecule is CCOC(=O)/C(=C\c1ccccc1)C[C@H](C)[N+](=O)[O-]. The van der Waals surface area contributed by atoms with E-state index < -0.39 is 16.9 Å². The summed E-state index contributed by atoms with van der Waals surface area (Å²) in [4.78, 5) is 22.1. The Morgan fingerprint density at radius 2 is 2.05 bits per heavy atom. The van der Waals surface area contributed by atoms with E-state index in [1.165, 1.54) is 6.92 Å². The van der Waals surface area contributed by atoms with Crippen molar-refractivity contribution in [3.63, 3.8) is 0 Å². The van der Waals surface area contributed by atoms with Crippen molar-refractivity contribution in [2.45, 2.75) is 26.3 Å². The van der Waals surface area contributed by atoms with E-state index in [9.17, 15) is 14.9 Å². The molecule has 0 aliphatic carbocycles. The van der Waals surface area contributed by atoms with E-state index in [4.69, 9.17) is 4.74 Å². The van der Waals surface area contributed by atoms with Crippen molar-refractivity contribution in [3.8, 4) is 0 Å². The molecule has 0 saturated carbocycles. The molecule has 0 saturated heterocycles. The number of carbonyl (C=O) groups excluding carboxylic acids is 1. The summed E-state index contributed by atoms with van der Waals surface area (Å²) in [7, 11) is 0. The minimum Gasteiger partial charge on any atom is -0.463 e. The van der Waals surface area contributed by atoms with Crippen LogP contribution in [-0.2, 0) is 9.53 Å². The topological polar surface area (TPSA) is 69.4 Å². The first-order valence-corrected chi connectivity index (χ1v) is 6.10. The van der Waals surface area contributed by atoms with Crippen LogP contribution in [0.2, 0.25) is 0 Å². The van der Waals surface area contributed by atoms with Crippen LogP contribution in [0.5, 0.6) is 0 Å². The molecule has 0 aliphatic rings. The normalized spacial score (nSPS) is 12.8. The van der Waals surface area contributed by atoms with Gasteiger partial charge in [0.25, 0.3) is 0 Å². The van der Waals surface area contributed by atoms with Gasteiger partial charge in [-0.3, -0.25) is 10.1 Å². The number of benzene rings is 1. The third kappa shape index (κ3) is 4.91. The molecule has 0 fully saturated rings. The lowest BCUT2D eigenvalue weighted by Gasteiger charge is -2.08. The van der Waals surface area contributed by atoms with E-state index in [2.05, 4.69) is 0 Å². The van der Waals surface area contributed by atoms with Crippen LogP contribution < -0.4 is 0 Å². The Bertz CT molecular complexity index is 468. The number of nitro groups is 1. The number of esters is 1. The summed E-state index contributed by atoms with van der Waals surface area (Å²) in [5.74, 6) is -0.500. The van der Waals surface area contributed by atoms with Gasteiger partial charge in [0.2, 0.25) is 6.04 Å². The molecule has 1 rings (SSSR count). The molecule has 0 bridgehead atoms. The lowest BCUT2D eigenvalue weighted by Crippen LogP contribution is -2.19. The second-order valence-corrected chi connectivity index (χ2v) is 4.14. The highest BCUT2D eigenvalue weighted by Crippen LogP contribution is 2.15. The summed E-state index contributed by atoms with van der Waals surface area (Å²) in [6, 6.07) is 8.38. The highest BCUT2D eigenvalue weighted by Gasteiger charge is 2.20. The average molecular weight is 263 g/mol. The van der Waals surface area contributed by atoms with E-state index in [0.717, 1.165) is 5.56 Å². The molecule has 0 aliphatic heterocycles. The van der Waals surface area contributed by atoms with Crippen LogP contribution in [0.1, 0.15) is 25.8 Å². The fourth-order valence-electron chi connectivity index (χ4n) is 1.57. The Hall–Kier alpha value is -2.17. The average Bonchev–Trinajstić information content (AvgIpc) is 2.39. The van der Waals surface area contributed by atoms with Gasteiger partial charge in [0.1, 0.15) is 0 Å². The lowest BCUT2D eigenvalue weighted by molar-refractivity contribution is -0.517. The molecule has 1 atom stereocenters. The van der Waals surface area contributed by atoms with E-state index in [0.29, 0.717) is 5.57 Å². The highest BCUT2D eigenvalue weighted by molar-refractivity contribution is 5.93.